The Morgan fingerprint density at radius 2 is 2.00 bits per heavy atom. The third kappa shape index (κ3) is 5.21. The molecule has 0 aliphatic rings. The van der Waals surface area contributed by atoms with Gasteiger partial charge in [0.05, 0.1) is 12.0 Å². The monoisotopic (exact) mass is 250 g/mol. The highest BCUT2D eigenvalue weighted by atomic mass is 35.5. The third-order valence-corrected chi connectivity index (χ3v) is 3.15. The van der Waals surface area contributed by atoms with E-state index in [4.69, 9.17) is 16.9 Å². The van der Waals surface area contributed by atoms with Gasteiger partial charge in [-0.3, -0.25) is 0 Å². The van der Waals surface area contributed by atoms with Crippen molar-refractivity contribution in [1.82, 2.24) is 4.90 Å². The fourth-order valence-corrected chi connectivity index (χ4v) is 1.83. The van der Waals surface area contributed by atoms with E-state index in [1.165, 1.54) is 5.56 Å². The van der Waals surface area contributed by atoms with Gasteiger partial charge < -0.3 is 4.90 Å². The lowest BCUT2D eigenvalue weighted by atomic mass is 10.1. The number of hydrogen-bond acceptors (Lipinski definition) is 2. The van der Waals surface area contributed by atoms with Crippen LogP contribution in [0.3, 0.4) is 0 Å². The molecule has 0 heterocycles. The highest BCUT2D eigenvalue weighted by Gasteiger charge is 2.08. The predicted octanol–water partition coefficient (Wildman–Crippen LogP) is 3.36. The molecule has 0 bridgehead atoms. The van der Waals surface area contributed by atoms with Crippen molar-refractivity contribution >= 4 is 11.6 Å². The lowest BCUT2D eigenvalue weighted by Crippen LogP contribution is -2.27. The first-order chi connectivity index (χ1) is 8.15. The van der Waals surface area contributed by atoms with Gasteiger partial charge in [0, 0.05) is 18.1 Å². The Bertz CT molecular complexity index is 367. The molecule has 0 saturated carbocycles. The first kappa shape index (κ1) is 14.0. The molecule has 0 saturated heterocycles. The number of benzene rings is 1. The van der Waals surface area contributed by atoms with E-state index in [2.05, 4.69) is 37.1 Å². The van der Waals surface area contributed by atoms with Crippen LogP contribution in [-0.2, 0) is 6.42 Å². The Hall–Kier alpha value is -1.04. The summed E-state index contributed by atoms with van der Waals surface area (Å²) in [6.45, 7) is 3.88. The Morgan fingerprint density at radius 1 is 1.35 bits per heavy atom. The van der Waals surface area contributed by atoms with Gasteiger partial charge in [-0.2, -0.15) is 5.26 Å². The molecule has 0 fully saturated rings. The normalized spacial score (nSPS) is 12.4. The Labute approximate surface area is 109 Å². The van der Waals surface area contributed by atoms with Crippen molar-refractivity contribution < 1.29 is 0 Å². The smallest absolute Gasteiger partial charge is 0.0669 e. The van der Waals surface area contributed by atoms with Crippen molar-refractivity contribution in [3.63, 3.8) is 0 Å². The van der Waals surface area contributed by atoms with Crippen LogP contribution in [0.5, 0.6) is 0 Å². The molecule has 0 aliphatic heterocycles. The molecule has 0 N–H and O–H groups in total. The number of hydrogen-bond donors (Lipinski definition) is 0. The summed E-state index contributed by atoms with van der Waals surface area (Å²) < 4.78 is 0. The summed E-state index contributed by atoms with van der Waals surface area (Å²) in [5, 5.41) is 9.67. The largest absolute Gasteiger partial charge is 0.305 e. The Balaban J connectivity index is 2.35. The highest BCUT2D eigenvalue weighted by molar-refractivity contribution is 6.30. The molecule has 92 valence electrons. The zero-order valence-electron chi connectivity index (χ0n) is 10.5. The third-order valence-electron chi connectivity index (χ3n) is 2.90. The van der Waals surface area contributed by atoms with Gasteiger partial charge in [-0.15, -0.1) is 0 Å². The zero-order chi connectivity index (χ0) is 12.7. The number of nitriles is 1. The Morgan fingerprint density at radius 3 is 2.53 bits per heavy atom. The first-order valence-corrected chi connectivity index (χ1v) is 6.36. The van der Waals surface area contributed by atoms with Gasteiger partial charge in [0.15, 0.2) is 0 Å². The second-order valence-electron chi connectivity index (χ2n) is 4.37. The van der Waals surface area contributed by atoms with Crippen molar-refractivity contribution in [3.05, 3.63) is 34.9 Å². The highest BCUT2D eigenvalue weighted by Crippen LogP contribution is 2.10. The molecule has 0 aliphatic carbocycles. The van der Waals surface area contributed by atoms with Crippen LogP contribution in [0.1, 0.15) is 18.9 Å². The summed E-state index contributed by atoms with van der Waals surface area (Å²) in [6.07, 6.45) is 1.91. The predicted molar refractivity (Wildman–Crippen MR) is 72.0 cm³/mol. The van der Waals surface area contributed by atoms with Crippen LogP contribution in [0, 0.1) is 17.2 Å². The number of rotatable bonds is 6. The van der Waals surface area contributed by atoms with Gasteiger partial charge in [-0.05, 0) is 37.6 Å². The van der Waals surface area contributed by atoms with Crippen LogP contribution in [0.2, 0.25) is 5.02 Å². The lowest BCUT2D eigenvalue weighted by Gasteiger charge is -2.18. The fourth-order valence-electron chi connectivity index (χ4n) is 1.70. The van der Waals surface area contributed by atoms with Crippen LogP contribution >= 0.6 is 11.6 Å². The maximum atomic E-state index is 8.90. The molecule has 0 spiro atoms. The average molecular weight is 251 g/mol. The number of halogens is 1. The van der Waals surface area contributed by atoms with E-state index in [1.807, 2.05) is 12.1 Å². The SMILES string of the molecule is CCC(C#N)CN(C)CCc1ccc(Cl)cc1. The van der Waals surface area contributed by atoms with Crippen molar-refractivity contribution in [3.8, 4) is 6.07 Å². The van der Waals surface area contributed by atoms with Gasteiger partial charge >= 0.3 is 0 Å². The molecule has 1 aromatic rings. The van der Waals surface area contributed by atoms with E-state index in [-0.39, 0.29) is 5.92 Å². The molecule has 1 atom stereocenters. The average Bonchev–Trinajstić information content (AvgIpc) is 2.35. The molecular formula is C14H19ClN2. The molecule has 0 radical (unpaired) electrons. The molecule has 0 amide bonds. The van der Waals surface area contributed by atoms with E-state index in [1.54, 1.807) is 0 Å². The van der Waals surface area contributed by atoms with E-state index >= 15 is 0 Å². The topological polar surface area (TPSA) is 27.0 Å². The minimum Gasteiger partial charge on any atom is -0.305 e. The maximum absolute atomic E-state index is 8.90. The van der Waals surface area contributed by atoms with Crippen molar-refractivity contribution in [1.29, 1.82) is 5.26 Å². The minimum absolute atomic E-state index is 0.144. The van der Waals surface area contributed by atoms with Gasteiger partial charge in [0.25, 0.3) is 0 Å². The van der Waals surface area contributed by atoms with Gasteiger partial charge in [0.1, 0.15) is 0 Å². The van der Waals surface area contributed by atoms with E-state index in [0.29, 0.717) is 0 Å². The summed E-state index contributed by atoms with van der Waals surface area (Å²) in [7, 11) is 2.07. The van der Waals surface area contributed by atoms with E-state index in [9.17, 15) is 0 Å². The van der Waals surface area contributed by atoms with Crippen LogP contribution in [0.15, 0.2) is 24.3 Å². The molecule has 2 nitrogen and oxygen atoms in total. The molecule has 1 unspecified atom stereocenters. The summed E-state index contributed by atoms with van der Waals surface area (Å²) in [5.74, 6) is 0.144. The van der Waals surface area contributed by atoms with Gasteiger partial charge in [0.2, 0.25) is 0 Å². The van der Waals surface area contributed by atoms with Crippen molar-refractivity contribution in [2.45, 2.75) is 19.8 Å². The minimum atomic E-state index is 0.144. The van der Waals surface area contributed by atoms with Crippen LogP contribution in [-0.4, -0.2) is 25.0 Å². The van der Waals surface area contributed by atoms with Crippen LogP contribution in [0.4, 0.5) is 0 Å². The van der Waals surface area contributed by atoms with Crippen LogP contribution in [0.25, 0.3) is 0 Å². The summed E-state index contributed by atoms with van der Waals surface area (Å²) in [5.41, 5.74) is 1.28. The quantitative estimate of drug-likeness (QED) is 0.774. The summed E-state index contributed by atoms with van der Waals surface area (Å²) in [6, 6.07) is 10.3. The van der Waals surface area contributed by atoms with E-state index in [0.717, 1.165) is 31.0 Å². The standard InChI is InChI=1S/C14H19ClN2/c1-3-12(10-16)11-17(2)9-8-13-4-6-14(15)7-5-13/h4-7,12H,3,8-9,11H2,1-2H3. The fraction of sp³-hybridized carbons (Fsp3) is 0.500. The molecule has 17 heavy (non-hydrogen) atoms. The zero-order valence-corrected chi connectivity index (χ0v) is 11.2. The molecule has 3 heteroatoms. The summed E-state index contributed by atoms with van der Waals surface area (Å²) in [4.78, 5) is 2.21. The van der Waals surface area contributed by atoms with Crippen molar-refractivity contribution in [2.24, 2.45) is 5.92 Å². The van der Waals surface area contributed by atoms with Gasteiger partial charge in [-0.25, -0.2) is 0 Å². The molecule has 1 aromatic carbocycles. The molecular weight excluding hydrogens is 232 g/mol. The Kier molecular flexibility index (Phi) is 6.04. The van der Waals surface area contributed by atoms with Crippen LogP contribution < -0.4 is 0 Å². The maximum Gasteiger partial charge on any atom is 0.0669 e. The number of nitrogens with zero attached hydrogens (tertiary/aromatic N) is 2. The van der Waals surface area contributed by atoms with Gasteiger partial charge in [-0.1, -0.05) is 30.7 Å². The number of likely N-dealkylation sites (N-methyl/N-ethyl adjacent to an activating group) is 1. The summed E-state index contributed by atoms with van der Waals surface area (Å²) >= 11 is 5.83. The lowest BCUT2D eigenvalue weighted by molar-refractivity contribution is 0.303. The second-order valence-corrected chi connectivity index (χ2v) is 4.81. The van der Waals surface area contributed by atoms with E-state index < -0.39 is 0 Å². The second kappa shape index (κ2) is 7.32. The first-order valence-electron chi connectivity index (χ1n) is 5.98. The van der Waals surface area contributed by atoms with Crippen molar-refractivity contribution in [2.75, 3.05) is 20.1 Å². The molecule has 0 aromatic heterocycles. The molecule has 1 rings (SSSR count).